The summed E-state index contributed by atoms with van der Waals surface area (Å²) in [5.74, 6) is 0.653. The van der Waals surface area contributed by atoms with E-state index in [1.807, 2.05) is 11.7 Å². The molecule has 1 aromatic rings. The number of rotatable bonds is 8. The van der Waals surface area contributed by atoms with E-state index < -0.39 is 0 Å². The average Bonchev–Trinajstić information content (AvgIpc) is 3.18. The molecule has 2 rings (SSSR count). The monoisotopic (exact) mass is 285 g/mol. The van der Waals surface area contributed by atoms with Crippen LogP contribution >= 0.6 is 11.6 Å². The van der Waals surface area contributed by atoms with Gasteiger partial charge in [0.2, 0.25) is 0 Å². The Balaban J connectivity index is 2.23. The third-order valence-corrected chi connectivity index (χ3v) is 3.91. The van der Waals surface area contributed by atoms with Gasteiger partial charge in [-0.3, -0.25) is 4.68 Å². The number of halogens is 1. The first kappa shape index (κ1) is 14.8. The first-order valence-electron chi connectivity index (χ1n) is 7.21. The quantitative estimate of drug-likeness (QED) is 0.798. The molecule has 0 saturated heterocycles. The number of aryl methyl sites for hydroxylation is 1. The molecule has 0 radical (unpaired) electrons. The summed E-state index contributed by atoms with van der Waals surface area (Å²) in [6.45, 7) is 5.92. The normalized spacial score (nSPS) is 18.5. The first-order chi connectivity index (χ1) is 9.19. The number of hydrogen-bond acceptors (Lipinski definition) is 3. The molecular formula is C14H24ClN3O. The van der Waals surface area contributed by atoms with Gasteiger partial charge in [-0.2, -0.15) is 5.10 Å². The molecule has 5 heteroatoms. The van der Waals surface area contributed by atoms with E-state index in [1.165, 1.54) is 12.8 Å². The van der Waals surface area contributed by atoms with Gasteiger partial charge in [0.05, 0.1) is 29.1 Å². The number of nitrogens with zero attached hydrogens (tertiary/aromatic N) is 2. The van der Waals surface area contributed by atoms with Gasteiger partial charge < -0.3 is 10.1 Å². The second kappa shape index (κ2) is 6.73. The molecule has 1 N–H and O–H groups in total. The summed E-state index contributed by atoms with van der Waals surface area (Å²) in [7, 11) is 1.94. The molecule has 1 aliphatic rings. The molecule has 1 fully saturated rings. The first-order valence-corrected chi connectivity index (χ1v) is 7.59. The lowest BCUT2D eigenvalue weighted by Gasteiger charge is -2.28. The molecular weight excluding hydrogens is 262 g/mol. The third-order valence-electron chi connectivity index (χ3n) is 3.62. The van der Waals surface area contributed by atoms with E-state index in [4.69, 9.17) is 16.3 Å². The van der Waals surface area contributed by atoms with Crippen molar-refractivity contribution in [2.45, 2.75) is 45.3 Å². The standard InChI is InChI=1S/C14H24ClN3O/c1-4-8-16-12(13-11(15)9-17-18(13)3)14(19-5-2)10-6-7-10/h9-10,12,14,16H,4-8H2,1-3H3. The predicted molar refractivity (Wildman–Crippen MR) is 77.4 cm³/mol. The summed E-state index contributed by atoms with van der Waals surface area (Å²) >= 11 is 6.31. The van der Waals surface area contributed by atoms with E-state index in [0.29, 0.717) is 5.92 Å². The summed E-state index contributed by atoms with van der Waals surface area (Å²) in [6, 6.07) is 0.132. The van der Waals surface area contributed by atoms with Crippen LogP contribution in [0.4, 0.5) is 0 Å². The highest BCUT2D eigenvalue weighted by atomic mass is 35.5. The fraction of sp³-hybridized carbons (Fsp3) is 0.786. The van der Waals surface area contributed by atoms with Crippen molar-refractivity contribution in [3.8, 4) is 0 Å². The Hall–Kier alpha value is -0.580. The summed E-state index contributed by atoms with van der Waals surface area (Å²) in [6.07, 6.45) is 5.52. The van der Waals surface area contributed by atoms with Gasteiger partial charge in [0.15, 0.2) is 0 Å². The zero-order valence-electron chi connectivity index (χ0n) is 12.0. The van der Waals surface area contributed by atoms with Crippen molar-refractivity contribution in [2.75, 3.05) is 13.2 Å². The lowest BCUT2D eigenvalue weighted by atomic mass is 10.0. The van der Waals surface area contributed by atoms with Crippen LogP contribution in [0.25, 0.3) is 0 Å². The number of nitrogens with one attached hydrogen (secondary N) is 1. The van der Waals surface area contributed by atoms with Gasteiger partial charge in [0.25, 0.3) is 0 Å². The van der Waals surface area contributed by atoms with Crippen molar-refractivity contribution in [1.29, 1.82) is 0 Å². The molecule has 1 heterocycles. The zero-order chi connectivity index (χ0) is 13.8. The van der Waals surface area contributed by atoms with Gasteiger partial charge in [-0.25, -0.2) is 0 Å². The molecule has 108 valence electrons. The Labute approximate surface area is 120 Å². The van der Waals surface area contributed by atoms with Gasteiger partial charge in [0.1, 0.15) is 0 Å². The Morgan fingerprint density at radius 3 is 2.74 bits per heavy atom. The maximum atomic E-state index is 6.31. The van der Waals surface area contributed by atoms with Crippen LogP contribution in [-0.2, 0) is 11.8 Å². The molecule has 0 aliphatic heterocycles. The van der Waals surface area contributed by atoms with Gasteiger partial charge >= 0.3 is 0 Å². The van der Waals surface area contributed by atoms with E-state index in [0.717, 1.165) is 30.3 Å². The lowest BCUT2D eigenvalue weighted by Crippen LogP contribution is -2.37. The van der Waals surface area contributed by atoms with E-state index >= 15 is 0 Å². The summed E-state index contributed by atoms with van der Waals surface area (Å²) < 4.78 is 7.86. The van der Waals surface area contributed by atoms with Crippen LogP contribution in [-0.4, -0.2) is 29.0 Å². The molecule has 1 aromatic heterocycles. The maximum absolute atomic E-state index is 6.31. The van der Waals surface area contributed by atoms with Crippen LogP contribution in [0.5, 0.6) is 0 Å². The van der Waals surface area contributed by atoms with Crippen LogP contribution in [0.15, 0.2) is 6.20 Å². The van der Waals surface area contributed by atoms with Crippen molar-refractivity contribution >= 4 is 11.6 Å². The number of aromatic nitrogens is 2. The van der Waals surface area contributed by atoms with Gasteiger partial charge in [0, 0.05) is 13.7 Å². The average molecular weight is 286 g/mol. The molecule has 0 aromatic carbocycles. The molecule has 0 amide bonds. The molecule has 19 heavy (non-hydrogen) atoms. The number of ether oxygens (including phenoxy) is 1. The predicted octanol–water partition coefficient (Wildman–Crippen LogP) is 2.93. The topological polar surface area (TPSA) is 39.1 Å². The SMILES string of the molecule is CCCNC(c1c(Cl)cnn1C)C(OCC)C1CC1. The fourth-order valence-electron chi connectivity index (χ4n) is 2.56. The highest BCUT2D eigenvalue weighted by Gasteiger charge is 2.39. The van der Waals surface area contributed by atoms with Crippen molar-refractivity contribution < 1.29 is 4.74 Å². The second-order valence-electron chi connectivity index (χ2n) is 5.19. The molecule has 1 saturated carbocycles. The largest absolute Gasteiger partial charge is 0.376 e. The second-order valence-corrected chi connectivity index (χ2v) is 5.60. The Bertz CT molecular complexity index is 384. The Morgan fingerprint density at radius 1 is 1.53 bits per heavy atom. The smallest absolute Gasteiger partial charge is 0.0835 e. The Morgan fingerprint density at radius 2 is 2.26 bits per heavy atom. The highest BCUT2D eigenvalue weighted by Crippen LogP contribution is 2.41. The minimum absolute atomic E-state index is 0.132. The van der Waals surface area contributed by atoms with Crippen LogP contribution in [0.3, 0.4) is 0 Å². The van der Waals surface area contributed by atoms with Crippen LogP contribution in [0.1, 0.15) is 44.8 Å². The Kier molecular flexibility index (Phi) is 5.25. The van der Waals surface area contributed by atoms with Crippen LogP contribution < -0.4 is 5.32 Å². The van der Waals surface area contributed by atoms with Crippen LogP contribution in [0, 0.1) is 5.92 Å². The van der Waals surface area contributed by atoms with Gasteiger partial charge in [-0.15, -0.1) is 0 Å². The summed E-state index contributed by atoms with van der Waals surface area (Å²) in [5.41, 5.74) is 1.04. The van der Waals surface area contributed by atoms with Gasteiger partial charge in [-0.1, -0.05) is 18.5 Å². The molecule has 0 bridgehead atoms. The molecule has 0 spiro atoms. The van der Waals surface area contributed by atoms with E-state index in [9.17, 15) is 0 Å². The fourth-order valence-corrected chi connectivity index (χ4v) is 2.84. The summed E-state index contributed by atoms with van der Waals surface area (Å²) in [4.78, 5) is 0. The van der Waals surface area contributed by atoms with Crippen molar-refractivity contribution in [1.82, 2.24) is 15.1 Å². The minimum atomic E-state index is 0.132. The van der Waals surface area contributed by atoms with Crippen molar-refractivity contribution in [3.05, 3.63) is 16.9 Å². The summed E-state index contributed by atoms with van der Waals surface area (Å²) in [5, 5.41) is 8.57. The van der Waals surface area contributed by atoms with Crippen molar-refractivity contribution in [3.63, 3.8) is 0 Å². The minimum Gasteiger partial charge on any atom is -0.376 e. The van der Waals surface area contributed by atoms with E-state index in [1.54, 1.807) is 6.20 Å². The number of hydrogen-bond donors (Lipinski definition) is 1. The molecule has 2 unspecified atom stereocenters. The zero-order valence-corrected chi connectivity index (χ0v) is 12.8. The third kappa shape index (κ3) is 3.50. The molecule has 4 nitrogen and oxygen atoms in total. The van der Waals surface area contributed by atoms with Crippen molar-refractivity contribution in [2.24, 2.45) is 13.0 Å². The maximum Gasteiger partial charge on any atom is 0.0835 e. The molecule has 2 atom stereocenters. The van der Waals surface area contributed by atoms with Crippen LogP contribution in [0.2, 0.25) is 5.02 Å². The lowest BCUT2D eigenvalue weighted by molar-refractivity contribution is 0.0166. The van der Waals surface area contributed by atoms with E-state index in [-0.39, 0.29) is 12.1 Å². The van der Waals surface area contributed by atoms with Gasteiger partial charge in [-0.05, 0) is 38.6 Å². The highest BCUT2D eigenvalue weighted by molar-refractivity contribution is 6.31. The van der Waals surface area contributed by atoms with E-state index in [2.05, 4.69) is 24.3 Å². The molecule has 1 aliphatic carbocycles.